The van der Waals surface area contributed by atoms with E-state index >= 15 is 0 Å². The Bertz CT molecular complexity index is 415. The molecule has 0 atom stereocenters. The van der Waals surface area contributed by atoms with E-state index in [1.165, 1.54) is 10.6 Å². The fourth-order valence-corrected chi connectivity index (χ4v) is 1.26. The van der Waals surface area contributed by atoms with Crippen LogP contribution in [0.15, 0.2) is 16.9 Å². The Morgan fingerprint density at radius 1 is 1.57 bits per heavy atom. The molecule has 0 aliphatic rings. The van der Waals surface area contributed by atoms with Crippen molar-refractivity contribution in [3.63, 3.8) is 0 Å². The summed E-state index contributed by atoms with van der Waals surface area (Å²) in [6, 6.07) is 5.10. The average Bonchev–Trinajstić information content (AvgIpc) is 2.18. The van der Waals surface area contributed by atoms with Crippen LogP contribution >= 0.6 is 0 Å². The van der Waals surface area contributed by atoms with Gasteiger partial charge in [-0.25, -0.2) is 0 Å². The Kier molecular flexibility index (Phi) is 3.43. The summed E-state index contributed by atoms with van der Waals surface area (Å²) >= 11 is 0. The number of nitrogens with zero attached hydrogens (tertiary/aromatic N) is 2. The van der Waals surface area contributed by atoms with E-state index in [9.17, 15) is 4.79 Å². The molecule has 0 saturated carbocycles. The number of rotatable bonds is 3. The molecule has 0 radical (unpaired) electrons. The molecule has 1 N–H and O–H groups in total. The number of aryl methyl sites for hydroxylation is 1. The molecule has 1 aromatic rings. The second kappa shape index (κ2) is 4.58. The number of aromatic nitrogens is 1. The summed E-state index contributed by atoms with van der Waals surface area (Å²) in [5.74, 6) is 0. The zero-order valence-corrected chi connectivity index (χ0v) is 8.03. The maximum atomic E-state index is 11.6. The predicted octanol–water partition coefficient (Wildman–Crippen LogP) is 0.411. The monoisotopic (exact) mass is 192 g/mol. The molecule has 1 heterocycles. The highest BCUT2D eigenvalue weighted by Crippen LogP contribution is 1.98. The summed E-state index contributed by atoms with van der Waals surface area (Å²) in [6.45, 7) is 2.30. The van der Waals surface area contributed by atoms with Gasteiger partial charge in [0, 0.05) is 18.8 Å². The maximum absolute atomic E-state index is 11.6. The normalized spacial score (nSPS) is 9.79. The molecule has 0 spiro atoms. The summed E-state index contributed by atoms with van der Waals surface area (Å²) in [6.07, 6.45) is 0.523. The summed E-state index contributed by atoms with van der Waals surface area (Å²) in [5, 5.41) is 17.3. The zero-order valence-electron chi connectivity index (χ0n) is 8.03. The van der Waals surface area contributed by atoms with Crippen LogP contribution in [0.3, 0.4) is 0 Å². The van der Waals surface area contributed by atoms with Crippen molar-refractivity contribution >= 4 is 0 Å². The van der Waals surface area contributed by atoms with Gasteiger partial charge in [-0.15, -0.1) is 0 Å². The molecule has 0 fully saturated rings. The van der Waals surface area contributed by atoms with Crippen LogP contribution in [0.2, 0.25) is 0 Å². The van der Waals surface area contributed by atoms with Crippen LogP contribution in [0.1, 0.15) is 17.7 Å². The fourth-order valence-electron chi connectivity index (χ4n) is 1.26. The first kappa shape index (κ1) is 10.5. The van der Waals surface area contributed by atoms with E-state index in [0.29, 0.717) is 13.0 Å². The van der Waals surface area contributed by atoms with Crippen LogP contribution in [-0.4, -0.2) is 16.3 Å². The topological polar surface area (TPSA) is 66.0 Å². The first-order valence-corrected chi connectivity index (χ1v) is 4.42. The van der Waals surface area contributed by atoms with E-state index in [1.54, 1.807) is 13.0 Å². The van der Waals surface area contributed by atoms with Crippen LogP contribution in [0.4, 0.5) is 0 Å². The largest absolute Gasteiger partial charge is 0.396 e. The maximum Gasteiger partial charge on any atom is 0.268 e. The molecule has 4 nitrogen and oxygen atoms in total. The number of aliphatic hydroxyl groups is 1. The van der Waals surface area contributed by atoms with E-state index in [2.05, 4.69) is 0 Å². The Labute approximate surface area is 82.0 Å². The van der Waals surface area contributed by atoms with Gasteiger partial charge >= 0.3 is 0 Å². The van der Waals surface area contributed by atoms with Gasteiger partial charge < -0.3 is 9.67 Å². The second-order valence-corrected chi connectivity index (χ2v) is 3.03. The van der Waals surface area contributed by atoms with Crippen LogP contribution in [-0.2, 0) is 6.54 Å². The average molecular weight is 192 g/mol. The van der Waals surface area contributed by atoms with Crippen molar-refractivity contribution in [2.24, 2.45) is 0 Å². The minimum absolute atomic E-state index is 0.0443. The zero-order chi connectivity index (χ0) is 10.6. The molecule has 0 aromatic carbocycles. The van der Waals surface area contributed by atoms with Gasteiger partial charge in [0.25, 0.3) is 5.56 Å². The SMILES string of the molecule is Cc1ccc(C#N)c(=O)n1CCCO. The lowest BCUT2D eigenvalue weighted by Gasteiger charge is -2.08. The first-order valence-electron chi connectivity index (χ1n) is 4.42. The lowest BCUT2D eigenvalue weighted by atomic mass is 10.2. The van der Waals surface area contributed by atoms with Crippen molar-refractivity contribution in [1.82, 2.24) is 4.57 Å². The number of hydrogen-bond acceptors (Lipinski definition) is 3. The molecular formula is C10H12N2O2. The van der Waals surface area contributed by atoms with Crippen molar-refractivity contribution in [2.45, 2.75) is 19.9 Å². The molecule has 0 bridgehead atoms. The summed E-state index contributed by atoms with van der Waals surface area (Å²) in [4.78, 5) is 11.6. The van der Waals surface area contributed by atoms with Crippen molar-refractivity contribution < 1.29 is 5.11 Å². The second-order valence-electron chi connectivity index (χ2n) is 3.03. The Morgan fingerprint density at radius 3 is 2.86 bits per heavy atom. The van der Waals surface area contributed by atoms with Gasteiger partial charge in [0.1, 0.15) is 11.6 Å². The minimum atomic E-state index is -0.277. The van der Waals surface area contributed by atoms with Gasteiger partial charge in [-0.05, 0) is 25.5 Å². The van der Waals surface area contributed by atoms with E-state index in [4.69, 9.17) is 10.4 Å². The molecule has 0 saturated heterocycles. The van der Waals surface area contributed by atoms with Gasteiger partial charge in [0.05, 0.1) is 0 Å². The molecule has 0 unspecified atom stereocenters. The van der Waals surface area contributed by atoms with Gasteiger partial charge in [0.15, 0.2) is 0 Å². The molecular weight excluding hydrogens is 180 g/mol. The molecule has 74 valence electrons. The minimum Gasteiger partial charge on any atom is -0.396 e. The lowest BCUT2D eigenvalue weighted by molar-refractivity contribution is 0.278. The van der Waals surface area contributed by atoms with Crippen LogP contribution in [0.5, 0.6) is 0 Å². The molecule has 1 aromatic heterocycles. The predicted molar refractivity (Wildman–Crippen MR) is 51.9 cm³/mol. The van der Waals surface area contributed by atoms with Crippen molar-refractivity contribution in [2.75, 3.05) is 6.61 Å². The number of hydrogen-bond donors (Lipinski definition) is 1. The summed E-state index contributed by atoms with van der Waals surface area (Å²) in [5.41, 5.74) is 0.678. The Hall–Kier alpha value is -1.60. The summed E-state index contributed by atoms with van der Waals surface area (Å²) in [7, 11) is 0. The highest BCUT2D eigenvalue weighted by molar-refractivity contribution is 5.27. The third-order valence-electron chi connectivity index (χ3n) is 2.05. The van der Waals surface area contributed by atoms with E-state index in [0.717, 1.165) is 5.69 Å². The number of nitriles is 1. The molecule has 0 aliphatic carbocycles. The van der Waals surface area contributed by atoms with Crippen molar-refractivity contribution in [3.05, 3.63) is 33.7 Å². The number of aliphatic hydroxyl groups excluding tert-OH is 1. The van der Waals surface area contributed by atoms with E-state index in [1.807, 2.05) is 6.07 Å². The Morgan fingerprint density at radius 2 is 2.29 bits per heavy atom. The van der Waals surface area contributed by atoms with Gasteiger partial charge in [0.2, 0.25) is 0 Å². The van der Waals surface area contributed by atoms with Crippen molar-refractivity contribution in [1.29, 1.82) is 5.26 Å². The van der Waals surface area contributed by atoms with Gasteiger partial charge in [-0.3, -0.25) is 4.79 Å². The van der Waals surface area contributed by atoms with Gasteiger partial charge in [-0.1, -0.05) is 0 Å². The van der Waals surface area contributed by atoms with Crippen LogP contribution < -0.4 is 5.56 Å². The first-order chi connectivity index (χ1) is 6.70. The highest BCUT2D eigenvalue weighted by Gasteiger charge is 2.04. The fraction of sp³-hybridized carbons (Fsp3) is 0.400. The molecule has 0 amide bonds. The van der Waals surface area contributed by atoms with Gasteiger partial charge in [-0.2, -0.15) is 5.26 Å². The molecule has 14 heavy (non-hydrogen) atoms. The third kappa shape index (κ3) is 2.01. The summed E-state index contributed by atoms with van der Waals surface area (Å²) < 4.78 is 1.51. The van der Waals surface area contributed by atoms with Crippen molar-refractivity contribution in [3.8, 4) is 6.07 Å². The number of pyridine rings is 1. The highest BCUT2D eigenvalue weighted by atomic mass is 16.3. The third-order valence-corrected chi connectivity index (χ3v) is 2.05. The quantitative estimate of drug-likeness (QED) is 0.754. The van der Waals surface area contributed by atoms with E-state index in [-0.39, 0.29) is 17.7 Å². The molecule has 4 heteroatoms. The standard InChI is InChI=1S/C10H12N2O2/c1-8-3-4-9(7-11)10(14)12(8)5-2-6-13/h3-4,13H,2,5-6H2,1H3. The van der Waals surface area contributed by atoms with Crippen LogP contribution in [0.25, 0.3) is 0 Å². The Balaban J connectivity index is 3.14. The smallest absolute Gasteiger partial charge is 0.268 e. The molecule has 1 rings (SSSR count). The molecule has 0 aliphatic heterocycles. The lowest BCUT2D eigenvalue weighted by Crippen LogP contribution is -2.24. The van der Waals surface area contributed by atoms with E-state index < -0.39 is 0 Å². The van der Waals surface area contributed by atoms with Crippen LogP contribution in [0, 0.1) is 18.3 Å².